The summed E-state index contributed by atoms with van der Waals surface area (Å²) in [7, 11) is 2.88. The summed E-state index contributed by atoms with van der Waals surface area (Å²) in [4.78, 5) is 25.2. The fourth-order valence-electron chi connectivity index (χ4n) is 3.51. The van der Waals surface area contributed by atoms with Crippen molar-refractivity contribution in [3.8, 4) is 28.0 Å². The molecule has 4 aromatic rings. The number of methoxy groups -OCH3 is 1. The van der Waals surface area contributed by atoms with Crippen LogP contribution < -0.4 is 9.64 Å². The number of amides is 1. The van der Waals surface area contributed by atoms with E-state index in [4.69, 9.17) is 4.74 Å². The maximum absolute atomic E-state index is 14.9. The summed E-state index contributed by atoms with van der Waals surface area (Å²) in [5.74, 6) is -1.00. The van der Waals surface area contributed by atoms with Crippen molar-refractivity contribution in [2.75, 3.05) is 19.1 Å². The molecule has 0 aliphatic heterocycles. The Kier molecular flexibility index (Phi) is 5.25. The van der Waals surface area contributed by atoms with Crippen LogP contribution in [0.2, 0.25) is 0 Å². The number of pyridine rings is 2. The van der Waals surface area contributed by atoms with Gasteiger partial charge in [-0.25, -0.2) is 9.37 Å². The SMILES string of the molecule is C=CC(=O)N(C)c1cc(-c2cnc3[nH]cc(-c4ccnc(C)c4)c3c2)cc(OC)c1F. The summed E-state index contributed by atoms with van der Waals surface area (Å²) >= 11 is 0. The number of carbonyl (C=O) groups is 1. The first-order valence-electron chi connectivity index (χ1n) is 9.61. The highest BCUT2D eigenvalue weighted by atomic mass is 19.1. The molecule has 7 heteroatoms. The van der Waals surface area contributed by atoms with Gasteiger partial charge < -0.3 is 14.6 Å². The van der Waals surface area contributed by atoms with E-state index in [0.717, 1.165) is 39.5 Å². The predicted octanol–water partition coefficient (Wildman–Crippen LogP) is 4.90. The molecular formula is C24H21FN4O2. The van der Waals surface area contributed by atoms with Crippen molar-refractivity contribution in [2.24, 2.45) is 0 Å². The number of aromatic nitrogens is 3. The number of ether oxygens (including phenoxy) is 1. The van der Waals surface area contributed by atoms with Crippen LogP contribution in [0, 0.1) is 12.7 Å². The van der Waals surface area contributed by atoms with Gasteiger partial charge in [0.25, 0.3) is 0 Å². The molecule has 0 bridgehead atoms. The number of nitrogens with one attached hydrogen (secondary N) is 1. The van der Waals surface area contributed by atoms with Gasteiger partial charge in [0.1, 0.15) is 5.65 Å². The number of anilines is 1. The lowest BCUT2D eigenvalue weighted by Crippen LogP contribution is -2.25. The molecule has 0 radical (unpaired) electrons. The molecule has 31 heavy (non-hydrogen) atoms. The Bertz CT molecular complexity index is 1310. The van der Waals surface area contributed by atoms with Gasteiger partial charge in [0, 0.05) is 47.8 Å². The number of H-pyrrole nitrogens is 1. The fraction of sp³-hybridized carbons (Fsp3) is 0.125. The van der Waals surface area contributed by atoms with Crippen molar-refractivity contribution in [1.29, 1.82) is 0 Å². The number of aromatic amines is 1. The quantitative estimate of drug-likeness (QED) is 0.470. The number of nitrogens with zero attached hydrogens (tertiary/aromatic N) is 3. The largest absolute Gasteiger partial charge is 0.494 e. The molecule has 6 nitrogen and oxygen atoms in total. The molecule has 156 valence electrons. The third-order valence-corrected chi connectivity index (χ3v) is 5.18. The van der Waals surface area contributed by atoms with Gasteiger partial charge in [-0.1, -0.05) is 6.58 Å². The Hall–Kier alpha value is -4.00. The third-order valence-electron chi connectivity index (χ3n) is 5.18. The molecule has 0 saturated heterocycles. The van der Waals surface area contributed by atoms with Crippen LogP contribution in [0.3, 0.4) is 0 Å². The average Bonchev–Trinajstić information content (AvgIpc) is 3.21. The van der Waals surface area contributed by atoms with Crippen LogP contribution in [0.25, 0.3) is 33.3 Å². The number of likely N-dealkylation sites (N-methyl/N-ethyl adjacent to an activating group) is 1. The van der Waals surface area contributed by atoms with Crippen LogP contribution in [0.4, 0.5) is 10.1 Å². The first kappa shape index (κ1) is 20.3. The van der Waals surface area contributed by atoms with Gasteiger partial charge in [0.2, 0.25) is 5.91 Å². The number of aryl methyl sites for hydroxylation is 1. The van der Waals surface area contributed by atoms with Gasteiger partial charge in [-0.15, -0.1) is 0 Å². The van der Waals surface area contributed by atoms with Gasteiger partial charge in [0.05, 0.1) is 12.8 Å². The maximum Gasteiger partial charge on any atom is 0.250 e. The Balaban J connectivity index is 1.88. The maximum atomic E-state index is 14.9. The van der Waals surface area contributed by atoms with Crippen molar-refractivity contribution in [3.63, 3.8) is 0 Å². The van der Waals surface area contributed by atoms with Gasteiger partial charge >= 0.3 is 0 Å². The molecule has 3 heterocycles. The molecule has 1 aromatic carbocycles. The smallest absolute Gasteiger partial charge is 0.250 e. The van der Waals surface area contributed by atoms with Crippen LogP contribution >= 0.6 is 0 Å². The number of hydrogen-bond acceptors (Lipinski definition) is 4. The second kappa shape index (κ2) is 8.02. The highest BCUT2D eigenvalue weighted by molar-refractivity contribution is 6.01. The Labute approximate surface area is 179 Å². The minimum atomic E-state index is -0.618. The van der Waals surface area contributed by atoms with Gasteiger partial charge in [-0.3, -0.25) is 9.78 Å². The molecule has 1 N–H and O–H groups in total. The minimum absolute atomic E-state index is 0.0374. The number of rotatable bonds is 5. The molecule has 0 fully saturated rings. The van der Waals surface area contributed by atoms with E-state index in [1.54, 1.807) is 24.5 Å². The predicted molar refractivity (Wildman–Crippen MR) is 120 cm³/mol. The van der Waals surface area contributed by atoms with E-state index in [9.17, 15) is 9.18 Å². The second-order valence-corrected chi connectivity index (χ2v) is 7.12. The average molecular weight is 416 g/mol. The van der Waals surface area contributed by atoms with E-state index in [1.807, 2.05) is 31.3 Å². The minimum Gasteiger partial charge on any atom is -0.494 e. The first-order chi connectivity index (χ1) is 14.9. The van der Waals surface area contributed by atoms with Crippen LogP contribution in [0.5, 0.6) is 5.75 Å². The van der Waals surface area contributed by atoms with Crippen molar-refractivity contribution in [2.45, 2.75) is 6.92 Å². The molecule has 4 rings (SSSR count). The highest BCUT2D eigenvalue weighted by Gasteiger charge is 2.19. The lowest BCUT2D eigenvalue weighted by molar-refractivity contribution is -0.113. The zero-order chi connectivity index (χ0) is 22.1. The second-order valence-electron chi connectivity index (χ2n) is 7.12. The van der Waals surface area contributed by atoms with Gasteiger partial charge in [-0.05, 0) is 54.5 Å². The molecule has 0 atom stereocenters. The Morgan fingerprint density at radius 3 is 2.71 bits per heavy atom. The van der Waals surface area contributed by atoms with E-state index in [-0.39, 0.29) is 11.4 Å². The zero-order valence-electron chi connectivity index (χ0n) is 17.4. The molecule has 0 spiro atoms. The van der Waals surface area contributed by atoms with E-state index >= 15 is 0 Å². The summed E-state index contributed by atoms with van der Waals surface area (Å²) in [6.07, 6.45) is 6.51. The molecule has 0 saturated carbocycles. The van der Waals surface area contributed by atoms with Crippen molar-refractivity contribution in [3.05, 3.63) is 73.1 Å². The highest BCUT2D eigenvalue weighted by Crippen LogP contribution is 2.36. The molecule has 3 aromatic heterocycles. The number of halogens is 1. The van der Waals surface area contributed by atoms with E-state index in [2.05, 4.69) is 21.5 Å². The van der Waals surface area contributed by atoms with Crippen molar-refractivity contribution < 1.29 is 13.9 Å². The normalized spacial score (nSPS) is 10.8. The molecule has 1 amide bonds. The van der Waals surface area contributed by atoms with E-state index in [0.29, 0.717) is 5.56 Å². The number of carbonyl (C=O) groups excluding carboxylic acids is 1. The van der Waals surface area contributed by atoms with Gasteiger partial charge in [-0.2, -0.15) is 0 Å². The summed E-state index contributed by atoms with van der Waals surface area (Å²) in [5.41, 5.74) is 5.19. The summed E-state index contributed by atoms with van der Waals surface area (Å²) in [6, 6.07) is 9.12. The first-order valence-corrected chi connectivity index (χ1v) is 9.61. The number of fused-ring (bicyclic) bond motifs is 1. The topological polar surface area (TPSA) is 71.1 Å². The van der Waals surface area contributed by atoms with Crippen molar-refractivity contribution in [1.82, 2.24) is 15.0 Å². The summed E-state index contributed by atoms with van der Waals surface area (Å²) < 4.78 is 20.1. The number of benzene rings is 1. The monoisotopic (exact) mass is 416 g/mol. The van der Waals surface area contributed by atoms with Crippen LogP contribution in [0.1, 0.15) is 5.69 Å². The molecule has 0 aliphatic rings. The number of hydrogen-bond donors (Lipinski definition) is 1. The Morgan fingerprint density at radius 1 is 1.19 bits per heavy atom. The van der Waals surface area contributed by atoms with Crippen LogP contribution in [-0.4, -0.2) is 35.0 Å². The lowest BCUT2D eigenvalue weighted by atomic mass is 10.0. The lowest BCUT2D eigenvalue weighted by Gasteiger charge is -2.19. The Morgan fingerprint density at radius 2 is 2.00 bits per heavy atom. The van der Waals surface area contributed by atoms with Crippen molar-refractivity contribution >= 4 is 22.6 Å². The van der Waals surface area contributed by atoms with Crippen LogP contribution in [0.15, 0.2) is 61.6 Å². The molecule has 0 aliphatic carbocycles. The molecule has 0 unspecified atom stereocenters. The van der Waals surface area contributed by atoms with Crippen LogP contribution in [-0.2, 0) is 4.79 Å². The summed E-state index contributed by atoms with van der Waals surface area (Å²) in [5, 5.41) is 0.920. The zero-order valence-corrected chi connectivity index (χ0v) is 17.4. The summed E-state index contributed by atoms with van der Waals surface area (Å²) in [6.45, 7) is 5.41. The molecular weight excluding hydrogens is 395 g/mol. The van der Waals surface area contributed by atoms with Gasteiger partial charge in [0.15, 0.2) is 11.6 Å². The van der Waals surface area contributed by atoms with E-state index < -0.39 is 11.7 Å². The van der Waals surface area contributed by atoms with E-state index in [1.165, 1.54) is 19.1 Å². The standard InChI is InChI=1S/C24H21FN4O2/c1-5-22(30)29(3)20-10-16(11-21(31-4)23(20)25)17-9-18-19(13-28-24(18)27-12-17)15-6-7-26-14(2)8-15/h5-13H,1H2,2-4H3,(H,27,28). The fourth-order valence-corrected chi connectivity index (χ4v) is 3.51. The third kappa shape index (κ3) is 3.66.